The molecule has 0 aliphatic heterocycles. The predicted octanol–water partition coefficient (Wildman–Crippen LogP) is 2.20. The first-order chi connectivity index (χ1) is 8.99. The number of benzene rings is 1. The first-order valence-corrected chi connectivity index (χ1v) is 6.41. The first-order valence-electron chi connectivity index (χ1n) is 6.41. The number of carbonyl (C=O) groups excluding carboxylic acids is 1. The summed E-state index contributed by atoms with van der Waals surface area (Å²) in [5.41, 5.74) is 5.93. The summed E-state index contributed by atoms with van der Waals surface area (Å²) < 4.78 is 18.4. The van der Waals surface area contributed by atoms with Crippen molar-refractivity contribution in [3.63, 3.8) is 0 Å². The van der Waals surface area contributed by atoms with Gasteiger partial charge in [-0.3, -0.25) is 4.79 Å². The molecule has 0 atom stereocenters. The van der Waals surface area contributed by atoms with Crippen LogP contribution in [0.25, 0.3) is 0 Å². The lowest BCUT2D eigenvalue weighted by atomic mass is 10.1. The van der Waals surface area contributed by atoms with Crippen LogP contribution in [-0.2, 0) is 4.74 Å². The molecule has 0 saturated carbocycles. The quantitative estimate of drug-likeness (QED) is 0.588. The summed E-state index contributed by atoms with van der Waals surface area (Å²) in [7, 11) is 0. The molecule has 0 spiro atoms. The van der Waals surface area contributed by atoms with Crippen LogP contribution in [-0.4, -0.2) is 25.7 Å². The van der Waals surface area contributed by atoms with Crippen LogP contribution < -0.4 is 11.1 Å². The zero-order chi connectivity index (χ0) is 14.3. The monoisotopic (exact) mass is 268 g/mol. The second kappa shape index (κ2) is 7.74. The first kappa shape index (κ1) is 15.4. The number of carbonyl (C=O) groups is 1. The third-order valence-corrected chi connectivity index (χ3v) is 2.55. The predicted molar refractivity (Wildman–Crippen MR) is 73.4 cm³/mol. The minimum atomic E-state index is -0.515. The van der Waals surface area contributed by atoms with Gasteiger partial charge < -0.3 is 15.8 Å². The topological polar surface area (TPSA) is 64.3 Å². The van der Waals surface area contributed by atoms with E-state index in [-0.39, 0.29) is 17.2 Å². The van der Waals surface area contributed by atoms with E-state index in [1.807, 2.05) is 0 Å². The molecule has 0 saturated heterocycles. The molecule has 0 unspecified atom stereocenters. The van der Waals surface area contributed by atoms with E-state index >= 15 is 0 Å². The van der Waals surface area contributed by atoms with Crippen molar-refractivity contribution in [2.24, 2.45) is 5.92 Å². The Morgan fingerprint density at radius 2 is 2.11 bits per heavy atom. The van der Waals surface area contributed by atoms with Crippen LogP contribution in [0.4, 0.5) is 10.1 Å². The third-order valence-electron chi connectivity index (χ3n) is 2.55. The number of anilines is 1. The van der Waals surface area contributed by atoms with Crippen molar-refractivity contribution in [3.05, 3.63) is 29.6 Å². The highest BCUT2D eigenvalue weighted by molar-refractivity contribution is 5.95. The number of ether oxygens (including phenoxy) is 1. The molecule has 1 aromatic rings. The SMILES string of the molecule is CC(C)CCOCCNC(=O)c1cc(N)cc(F)c1. The second-order valence-electron chi connectivity index (χ2n) is 4.82. The Morgan fingerprint density at radius 1 is 1.37 bits per heavy atom. The molecule has 0 heterocycles. The summed E-state index contributed by atoms with van der Waals surface area (Å²) >= 11 is 0. The lowest BCUT2D eigenvalue weighted by molar-refractivity contribution is 0.0905. The van der Waals surface area contributed by atoms with Crippen molar-refractivity contribution >= 4 is 11.6 Å². The molecule has 19 heavy (non-hydrogen) atoms. The van der Waals surface area contributed by atoms with Gasteiger partial charge in [-0.1, -0.05) is 13.8 Å². The number of hydrogen-bond donors (Lipinski definition) is 2. The number of hydrogen-bond acceptors (Lipinski definition) is 3. The van der Waals surface area contributed by atoms with E-state index in [9.17, 15) is 9.18 Å². The number of nitrogen functional groups attached to an aromatic ring is 1. The maximum absolute atomic E-state index is 13.1. The van der Waals surface area contributed by atoms with Gasteiger partial charge in [-0.25, -0.2) is 4.39 Å². The Hall–Kier alpha value is -1.62. The molecule has 0 aromatic heterocycles. The Balaban J connectivity index is 2.27. The minimum Gasteiger partial charge on any atom is -0.399 e. The molecule has 106 valence electrons. The maximum Gasteiger partial charge on any atom is 0.251 e. The van der Waals surface area contributed by atoms with Gasteiger partial charge in [0.1, 0.15) is 5.82 Å². The molecule has 0 aliphatic carbocycles. The average Bonchev–Trinajstić information content (AvgIpc) is 2.31. The lowest BCUT2D eigenvalue weighted by Gasteiger charge is -2.08. The molecular weight excluding hydrogens is 247 g/mol. The van der Waals surface area contributed by atoms with Gasteiger partial charge in [0, 0.05) is 24.4 Å². The molecule has 4 nitrogen and oxygen atoms in total. The Kier molecular flexibility index (Phi) is 6.29. The van der Waals surface area contributed by atoms with Crippen molar-refractivity contribution in [1.29, 1.82) is 0 Å². The summed E-state index contributed by atoms with van der Waals surface area (Å²) in [5.74, 6) is -0.262. The van der Waals surface area contributed by atoms with Crippen molar-refractivity contribution in [1.82, 2.24) is 5.32 Å². The highest BCUT2D eigenvalue weighted by Crippen LogP contribution is 2.10. The zero-order valence-corrected chi connectivity index (χ0v) is 11.4. The van der Waals surface area contributed by atoms with Gasteiger partial charge in [-0.05, 0) is 30.5 Å². The van der Waals surface area contributed by atoms with Gasteiger partial charge in [0.05, 0.1) is 6.61 Å². The Labute approximate surface area is 113 Å². The van der Waals surface area contributed by atoms with Crippen LogP contribution in [0.1, 0.15) is 30.6 Å². The van der Waals surface area contributed by atoms with Crippen molar-refractivity contribution < 1.29 is 13.9 Å². The summed E-state index contributed by atoms with van der Waals surface area (Å²) in [6, 6.07) is 3.77. The summed E-state index contributed by atoms with van der Waals surface area (Å²) in [6.07, 6.45) is 0.994. The lowest BCUT2D eigenvalue weighted by Crippen LogP contribution is -2.27. The second-order valence-corrected chi connectivity index (χ2v) is 4.82. The number of amides is 1. The van der Waals surface area contributed by atoms with Crippen molar-refractivity contribution in [2.45, 2.75) is 20.3 Å². The van der Waals surface area contributed by atoms with E-state index in [1.54, 1.807) is 0 Å². The zero-order valence-electron chi connectivity index (χ0n) is 11.4. The number of nitrogens with two attached hydrogens (primary N) is 1. The number of rotatable bonds is 7. The molecule has 3 N–H and O–H groups in total. The maximum atomic E-state index is 13.1. The van der Waals surface area contributed by atoms with E-state index in [0.717, 1.165) is 12.5 Å². The van der Waals surface area contributed by atoms with Gasteiger partial charge >= 0.3 is 0 Å². The molecule has 1 rings (SSSR count). The van der Waals surface area contributed by atoms with Gasteiger partial charge in [0.15, 0.2) is 0 Å². The van der Waals surface area contributed by atoms with Crippen LogP contribution in [0.15, 0.2) is 18.2 Å². The van der Waals surface area contributed by atoms with Crippen molar-refractivity contribution in [3.8, 4) is 0 Å². The van der Waals surface area contributed by atoms with Gasteiger partial charge in [-0.2, -0.15) is 0 Å². The normalized spacial score (nSPS) is 10.7. The molecule has 1 aromatic carbocycles. The van der Waals surface area contributed by atoms with Crippen molar-refractivity contribution in [2.75, 3.05) is 25.5 Å². The fraction of sp³-hybridized carbons (Fsp3) is 0.500. The van der Waals surface area contributed by atoms with Crippen LogP contribution in [0.2, 0.25) is 0 Å². The van der Waals surface area contributed by atoms with Gasteiger partial charge in [0.2, 0.25) is 0 Å². The Morgan fingerprint density at radius 3 is 2.74 bits per heavy atom. The number of halogens is 1. The van der Waals surface area contributed by atoms with Crippen LogP contribution >= 0.6 is 0 Å². The molecule has 5 heteroatoms. The molecule has 0 radical (unpaired) electrons. The largest absolute Gasteiger partial charge is 0.399 e. The molecule has 0 fully saturated rings. The summed E-state index contributed by atoms with van der Waals surface area (Å²) in [6.45, 7) is 5.77. The highest BCUT2D eigenvalue weighted by Gasteiger charge is 2.07. The van der Waals surface area contributed by atoms with E-state index < -0.39 is 5.82 Å². The molecule has 1 amide bonds. The van der Waals surface area contributed by atoms with E-state index in [4.69, 9.17) is 10.5 Å². The number of nitrogens with one attached hydrogen (secondary N) is 1. The van der Waals surface area contributed by atoms with E-state index in [2.05, 4.69) is 19.2 Å². The highest BCUT2D eigenvalue weighted by atomic mass is 19.1. The minimum absolute atomic E-state index is 0.222. The molecule has 0 aliphatic rings. The van der Waals surface area contributed by atoms with Crippen LogP contribution in [0.3, 0.4) is 0 Å². The van der Waals surface area contributed by atoms with Gasteiger partial charge in [0.25, 0.3) is 5.91 Å². The van der Waals surface area contributed by atoms with Gasteiger partial charge in [-0.15, -0.1) is 0 Å². The smallest absolute Gasteiger partial charge is 0.251 e. The van der Waals surface area contributed by atoms with E-state index in [0.29, 0.717) is 25.7 Å². The standard InChI is InChI=1S/C14H21FN2O2/c1-10(2)3-5-19-6-4-17-14(18)11-7-12(15)9-13(16)8-11/h7-10H,3-6,16H2,1-2H3,(H,17,18). The summed E-state index contributed by atoms with van der Waals surface area (Å²) in [5, 5.41) is 2.66. The molecule has 0 bridgehead atoms. The van der Waals surface area contributed by atoms with E-state index in [1.165, 1.54) is 12.1 Å². The fourth-order valence-electron chi connectivity index (χ4n) is 1.50. The summed E-state index contributed by atoms with van der Waals surface area (Å²) in [4.78, 5) is 11.7. The van der Waals surface area contributed by atoms with Crippen LogP contribution in [0, 0.1) is 11.7 Å². The fourth-order valence-corrected chi connectivity index (χ4v) is 1.50. The van der Waals surface area contributed by atoms with Crippen LogP contribution in [0.5, 0.6) is 0 Å². The molecular formula is C14H21FN2O2. The average molecular weight is 268 g/mol. The third kappa shape index (κ3) is 6.20. The Bertz CT molecular complexity index is 402.